The van der Waals surface area contributed by atoms with Crippen LogP contribution < -0.4 is 0 Å². The molecule has 32 heavy (non-hydrogen) atoms. The molecule has 4 aliphatic carbocycles. The third-order valence-electron chi connectivity index (χ3n) is 11.4. The molecule has 4 N–H and O–H groups in total. The van der Waals surface area contributed by atoms with Crippen molar-refractivity contribution in [3.05, 3.63) is 12.2 Å². The van der Waals surface area contributed by atoms with Crippen LogP contribution in [0.15, 0.2) is 12.2 Å². The molecule has 0 heterocycles. The summed E-state index contributed by atoms with van der Waals surface area (Å²) in [5.41, 5.74) is -0.531. The van der Waals surface area contributed by atoms with Gasteiger partial charge in [-0.05, 0) is 92.3 Å². The Kier molecular flexibility index (Phi) is 6.45. The van der Waals surface area contributed by atoms with Crippen LogP contribution in [0.5, 0.6) is 0 Å². The molecule has 4 heteroatoms. The number of aliphatic hydroxyl groups excluding tert-OH is 3. The van der Waals surface area contributed by atoms with Crippen LogP contribution in [0.2, 0.25) is 0 Å². The van der Waals surface area contributed by atoms with Crippen molar-refractivity contribution in [3.8, 4) is 0 Å². The lowest BCUT2D eigenvalue weighted by Gasteiger charge is -2.66. The highest BCUT2D eigenvalue weighted by Crippen LogP contribution is 2.69. The number of fused-ring (bicyclic) bond motifs is 5. The van der Waals surface area contributed by atoms with E-state index in [1.807, 2.05) is 6.92 Å². The van der Waals surface area contributed by atoms with E-state index in [2.05, 4.69) is 34.3 Å². The van der Waals surface area contributed by atoms with E-state index < -0.39 is 29.3 Å². The monoisotopic (exact) mass is 448 g/mol. The van der Waals surface area contributed by atoms with Crippen LogP contribution in [-0.2, 0) is 0 Å². The summed E-state index contributed by atoms with van der Waals surface area (Å²) < 4.78 is 0. The molecular weight excluding hydrogens is 400 g/mol. The Bertz CT molecular complexity index is 720. The van der Waals surface area contributed by atoms with Crippen LogP contribution in [0.1, 0.15) is 92.4 Å². The maximum absolute atomic E-state index is 11.6. The average molecular weight is 449 g/mol. The first-order valence-electron chi connectivity index (χ1n) is 13.3. The fourth-order valence-electron chi connectivity index (χ4n) is 9.21. The third-order valence-corrected chi connectivity index (χ3v) is 11.4. The lowest BCUT2D eigenvalue weighted by atomic mass is 9.41. The summed E-state index contributed by atoms with van der Waals surface area (Å²) >= 11 is 0. The fraction of sp³-hybridized carbons (Fsp3) is 0.929. The quantitative estimate of drug-likeness (QED) is 0.460. The molecule has 0 radical (unpaired) electrons. The summed E-state index contributed by atoms with van der Waals surface area (Å²) in [4.78, 5) is 0. The maximum Gasteiger partial charge on any atom is 0.101 e. The summed E-state index contributed by atoms with van der Waals surface area (Å²) in [7, 11) is 0. The summed E-state index contributed by atoms with van der Waals surface area (Å²) in [6.07, 6.45) is 5.55. The average Bonchev–Trinajstić information content (AvgIpc) is 3.06. The van der Waals surface area contributed by atoms with Gasteiger partial charge in [-0.3, -0.25) is 0 Å². The van der Waals surface area contributed by atoms with Gasteiger partial charge in [0.05, 0.1) is 18.3 Å². The molecule has 184 valence electrons. The van der Waals surface area contributed by atoms with Gasteiger partial charge < -0.3 is 20.4 Å². The van der Waals surface area contributed by atoms with Crippen molar-refractivity contribution in [2.45, 2.75) is 116 Å². The molecule has 11 atom stereocenters. The Labute approximate surface area is 195 Å². The molecule has 4 nitrogen and oxygen atoms in total. The van der Waals surface area contributed by atoms with Gasteiger partial charge in [-0.25, -0.2) is 0 Å². The van der Waals surface area contributed by atoms with Crippen molar-refractivity contribution in [1.29, 1.82) is 0 Å². The molecule has 4 unspecified atom stereocenters. The number of rotatable bonds is 5. The second-order valence-corrected chi connectivity index (χ2v) is 13.0. The van der Waals surface area contributed by atoms with Crippen molar-refractivity contribution >= 4 is 0 Å². The molecule has 0 aromatic heterocycles. The van der Waals surface area contributed by atoms with Gasteiger partial charge in [-0.1, -0.05) is 46.8 Å². The zero-order chi connectivity index (χ0) is 23.6. The Morgan fingerprint density at radius 3 is 2.31 bits per heavy atom. The van der Waals surface area contributed by atoms with Gasteiger partial charge in [0.25, 0.3) is 0 Å². The van der Waals surface area contributed by atoms with E-state index in [9.17, 15) is 20.4 Å². The van der Waals surface area contributed by atoms with Gasteiger partial charge in [-0.2, -0.15) is 0 Å². The highest BCUT2D eigenvalue weighted by Gasteiger charge is 2.70. The lowest BCUT2D eigenvalue weighted by Crippen LogP contribution is -2.72. The smallest absolute Gasteiger partial charge is 0.101 e. The van der Waals surface area contributed by atoms with E-state index in [-0.39, 0.29) is 17.8 Å². The number of allylic oxidation sites excluding steroid dienone is 1. The molecule has 0 aromatic carbocycles. The second kappa shape index (κ2) is 8.36. The van der Waals surface area contributed by atoms with Gasteiger partial charge in [0.2, 0.25) is 0 Å². The summed E-state index contributed by atoms with van der Waals surface area (Å²) in [6, 6.07) is 0. The third kappa shape index (κ3) is 3.46. The Balaban J connectivity index is 1.56. The topological polar surface area (TPSA) is 80.9 Å². The first kappa shape index (κ1) is 24.7. The molecule has 4 aliphatic rings. The predicted molar refractivity (Wildman–Crippen MR) is 128 cm³/mol. The Morgan fingerprint density at radius 1 is 0.969 bits per heavy atom. The SMILES string of the molecule is C=C(CC[C@@H](C)C1CCC2C3C[C@@H](O)[C@@]4(O)C[C@@H](O)C[C@H](O)[C@]4(C)C3CC[C@@]21C)C(C)C. The molecule has 4 fully saturated rings. The first-order valence-corrected chi connectivity index (χ1v) is 13.3. The van der Waals surface area contributed by atoms with Crippen molar-refractivity contribution in [2.24, 2.45) is 46.3 Å². The van der Waals surface area contributed by atoms with Gasteiger partial charge >= 0.3 is 0 Å². The zero-order valence-corrected chi connectivity index (χ0v) is 21.1. The summed E-state index contributed by atoms with van der Waals surface area (Å²) in [6.45, 7) is 15.7. The lowest BCUT2D eigenvalue weighted by molar-refractivity contribution is -0.294. The molecular formula is C28H48O4. The van der Waals surface area contributed by atoms with Crippen LogP contribution in [0.3, 0.4) is 0 Å². The number of hydrogen-bond donors (Lipinski definition) is 4. The van der Waals surface area contributed by atoms with E-state index in [0.717, 1.165) is 19.3 Å². The zero-order valence-electron chi connectivity index (χ0n) is 21.1. The standard InChI is InChI=1S/C28H48O4/c1-16(2)17(3)7-8-18(4)21-9-10-22-20-14-25(31)28(32)15-19(29)13-24(30)27(28,6)23(20)11-12-26(21,22)5/h16,18-25,29-32H,3,7-15H2,1-2,4-6H3/t18-,19+,20?,21?,22?,23?,24+,25-,26-,27+,28+/m1/s1. The van der Waals surface area contributed by atoms with Crippen LogP contribution >= 0.6 is 0 Å². The maximum atomic E-state index is 11.6. The van der Waals surface area contributed by atoms with E-state index in [1.165, 1.54) is 24.8 Å². The van der Waals surface area contributed by atoms with Crippen LogP contribution in [0, 0.1) is 46.3 Å². The molecule has 4 rings (SSSR count). The minimum atomic E-state index is -1.40. The Hall–Kier alpha value is -0.420. The van der Waals surface area contributed by atoms with Crippen LogP contribution in [-0.4, -0.2) is 44.3 Å². The molecule has 4 saturated carbocycles. The van der Waals surface area contributed by atoms with Gasteiger partial charge in [0, 0.05) is 11.8 Å². The van der Waals surface area contributed by atoms with Crippen molar-refractivity contribution in [2.75, 3.05) is 0 Å². The predicted octanol–water partition coefficient (Wildman–Crippen LogP) is 4.69. The van der Waals surface area contributed by atoms with Gasteiger partial charge in [0.1, 0.15) is 5.60 Å². The van der Waals surface area contributed by atoms with Crippen LogP contribution in [0.4, 0.5) is 0 Å². The van der Waals surface area contributed by atoms with Gasteiger partial charge in [0.15, 0.2) is 0 Å². The van der Waals surface area contributed by atoms with Crippen molar-refractivity contribution in [1.82, 2.24) is 0 Å². The molecule has 0 aliphatic heterocycles. The highest BCUT2D eigenvalue weighted by molar-refractivity contribution is 5.19. The minimum absolute atomic E-state index is 0.173. The number of aliphatic hydroxyl groups is 4. The molecule has 0 aromatic rings. The second-order valence-electron chi connectivity index (χ2n) is 13.0. The van der Waals surface area contributed by atoms with E-state index in [0.29, 0.717) is 42.4 Å². The van der Waals surface area contributed by atoms with Crippen LogP contribution in [0.25, 0.3) is 0 Å². The van der Waals surface area contributed by atoms with Gasteiger partial charge in [-0.15, -0.1) is 0 Å². The molecule has 0 bridgehead atoms. The molecule has 0 spiro atoms. The molecule has 0 saturated heterocycles. The van der Waals surface area contributed by atoms with E-state index in [1.54, 1.807) is 0 Å². The molecule has 0 amide bonds. The highest BCUT2D eigenvalue weighted by atomic mass is 16.4. The fourth-order valence-corrected chi connectivity index (χ4v) is 9.21. The minimum Gasteiger partial charge on any atom is -0.393 e. The van der Waals surface area contributed by atoms with E-state index in [4.69, 9.17) is 0 Å². The first-order chi connectivity index (χ1) is 14.9. The van der Waals surface area contributed by atoms with Crippen molar-refractivity contribution < 1.29 is 20.4 Å². The largest absolute Gasteiger partial charge is 0.393 e. The van der Waals surface area contributed by atoms with E-state index >= 15 is 0 Å². The number of hydrogen-bond acceptors (Lipinski definition) is 4. The Morgan fingerprint density at radius 2 is 1.66 bits per heavy atom. The normalized spacial score (nSPS) is 51.6. The summed E-state index contributed by atoms with van der Waals surface area (Å²) in [5, 5.41) is 44.2. The van der Waals surface area contributed by atoms with Crippen molar-refractivity contribution in [3.63, 3.8) is 0 Å². The summed E-state index contributed by atoms with van der Waals surface area (Å²) in [5.74, 6) is 2.98.